The molecule has 0 bridgehead atoms. The van der Waals surface area contributed by atoms with Crippen LogP contribution in [0.5, 0.6) is 5.75 Å². The van der Waals surface area contributed by atoms with Crippen molar-refractivity contribution in [2.45, 2.75) is 20.1 Å². The minimum Gasteiger partial charge on any atom is -0.460 e. The first-order valence-electron chi connectivity index (χ1n) is 7.04. The van der Waals surface area contributed by atoms with Gasteiger partial charge in [-0.1, -0.05) is 23.0 Å². The molecule has 2 aromatic rings. The van der Waals surface area contributed by atoms with Crippen molar-refractivity contribution in [3.8, 4) is 5.75 Å². The van der Waals surface area contributed by atoms with Crippen molar-refractivity contribution in [1.29, 1.82) is 0 Å². The van der Waals surface area contributed by atoms with Gasteiger partial charge in [-0.25, -0.2) is 0 Å². The molecule has 2 heterocycles. The molecule has 120 valence electrons. The predicted molar refractivity (Wildman–Crippen MR) is 90.6 cm³/mol. The van der Waals surface area contributed by atoms with Gasteiger partial charge in [-0.05, 0) is 38.2 Å². The Morgan fingerprint density at radius 3 is 3.09 bits per heavy atom. The molecule has 0 saturated carbocycles. The smallest absolute Gasteiger partial charge is 0.232 e. The van der Waals surface area contributed by atoms with E-state index in [1.165, 1.54) is 11.3 Å². The van der Waals surface area contributed by atoms with Gasteiger partial charge >= 0.3 is 0 Å². The minimum atomic E-state index is -0.748. The number of aromatic amines is 1. The molecule has 0 aliphatic carbocycles. The van der Waals surface area contributed by atoms with Gasteiger partial charge in [-0.3, -0.25) is 9.89 Å². The molecule has 1 aromatic heterocycles. The van der Waals surface area contributed by atoms with Crippen molar-refractivity contribution in [2.24, 2.45) is 0 Å². The van der Waals surface area contributed by atoms with Crippen LogP contribution < -0.4 is 10.1 Å². The first-order valence-corrected chi connectivity index (χ1v) is 8.26. The quantitative estimate of drug-likeness (QED) is 0.650. The average Bonchev–Trinajstić information content (AvgIpc) is 2.94. The molecule has 0 fully saturated rings. The lowest BCUT2D eigenvalue weighted by atomic mass is 9.98. The molecule has 1 aromatic carbocycles. The molecule has 8 heteroatoms. The van der Waals surface area contributed by atoms with Crippen LogP contribution in [0.3, 0.4) is 0 Å². The van der Waals surface area contributed by atoms with Gasteiger partial charge < -0.3 is 14.8 Å². The van der Waals surface area contributed by atoms with Crippen LogP contribution in [-0.4, -0.2) is 28.9 Å². The van der Waals surface area contributed by atoms with Crippen molar-refractivity contribution < 1.29 is 14.3 Å². The molecule has 1 atom stereocenters. The van der Waals surface area contributed by atoms with E-state index in [-0.39, 0.29) is 5.78 Å². The van der Waals surface area contributed by atoms with Crippen LogP contribution in [0.15, 0.2) is 30.0 Å². The number of aromatic nitrogens is 2. The number of aryl methyl sites for hydroxylation is 1. The molecule has 0 spiro atoms. The topological polar surface area (TPSA) is 76.2 Å². The number of fused-ring (bicyclic) bond motifs is 1. The van der Waals surface area contributed by atoms with E-state index >= 15 is 0 Å². The summed E-state index contributed by atoms with van der Waals surface area (Å²) < 4.78 is 11.9. The third kappa shape index (κ3) is 3.34. The van der Waals surface area contributed by atoms with E-state index in [2.05, 4.69) is 15.5 Å². The third-order valence-electron chi connectivity index (χ3n) is 3.24. The van der Waals surface area contributed by atoms with Crippen molar-refractivity contribution in [1.82, 2.24) is 10.2 Å². The Morgan fingerprint density at radius 2 is 2.39 bits per heavy atom. The number of hydrogen-bond donors (Lipinski definition) is 2. The van der Waals surface area contributed by atoms with E-state index in [9.17, 15) is 4.79 Å². The highest BCUT2D eigenvalue weighted by atomic mass is 32.1. The Morgan fingerprint density at radius 1 is 1.57 bits per heavy atom. The summed E-state index contributed by atoms with van der Waals surface area (Å²) in [6.45, 7) is 4.21. The second-order valence-corrected chi connectivity index (χ2v) is 6.56. The van der Waals surface area contributed by atoms with E-state index in [1.54, 1.807) is 12.3 Å². The standard InChI is InChI=1S/C15H15N3O3S2/c1-3-20-13-10(7-16-14-17-18-15(22)23-14)12(19)9-6-8(2)4-5-11(9)21-13/h4-7,13H,3H2,1-2H3,(H,16,17)(H,18,22)/b10-7-. The van der Waals surface area contributed by atoms with Crippen LogP contribution in [0.4, 0.5) is 5.13 Å². The maximum absolute atomic E-state index is 12.8. The SMILES string of the molecule is CCOC1Oc2ccc(C)cc2C(=O)/C1=C/Nc1n[nH]c(=S)s1. The Bertz CT molecular complexity index is 825. The van der Waals surface area contributed by atoms with E-state index in [4.69, 9.17) is 21.7 Å². The maximum atomic E-state index is 12.8. The van der Waals surface area contributed by atoms with Gasteiger partial charge in [0.05, 0.1) is 11.1 Å². The fourth-order valence-corrected chi connectivity index (χ4v) is 2.96. The number of Topliss-reactive ketones (excluding diaryl/α,β-unsaturated/α-hetero) is 1. The van der Waals surface area contributed by atoms with Crippen LogP contribution in [-0.2, 0) is 4.74 Å². The van der Waals surface area contributed by atoms with E-state index in [0.29, 0.717) is 32.6 Å². The highest BCUT2D eigenvalue weighted by molar-refractivity contribution is 7.73. The lowest BCUT2D eigenvalue weighted by Crippen LogP contribution is -2.33. The minimum absolute atomic E-state index is 0.125. The van der Waals surface area contributed by atoms with Crippen LogP contribution in [0, 0.1) is 10.9 Å². The molecule has 1 aliphatic heterocycles. The Hall–Kier alpha value is -2.03. The van der Waals surface area contributed by atoms with E-state index < -0.39 is 6.29 Å². The summed E-state index contributed by atoms with van der Waals surface area (Å²) in [5.41, 5.74) is 1.92. The van der Waals surface area contributed by atoms with Crippen molar-refractivity contribution in [2.75, 3.05) is 11.9 Å². The summed E-state index contributed by atoms with van der Waals surface area (Å²) in [6, 6.07) is 5.50. The first-order chi connectivity index (χ1) is 11.1. The summed E-state index contributed by atoms with van der Waals surface area (Å²) in [7, 11) is 0. The number of nitrogens with one attached hydrogen (secondary N) is 2. The van der Waals surface area contributed by atoms with Crippen molar-refractivity contribution >= 4 is 34.5 Å². The number of carbonyl (C=O) groups is 1. The first kappa shape index (κ1) is 15.9. The average molecular weight is 349 g/mol. The molecule has 6 nitrogen and oxygen atoms in total. The third-order valence-corrected chi connectivity index (χ3v) is 4.26. The Labute approximate surface area is 142 Å². The van der Waals surface area contributed by atoms with Crippen LogP contribution in [0.1, 0.15) is 22.8 Å². The second kappa shape index (κ2) is 6.61. The number of H-pyrrole nitrogens is 1. The lowest BCUT2D eigenvalue weighted by Gasteiger charge is -2.27. The molecular weight excluding hydrogens is 334 g/mol. The number of carbonyl (C=O) groups excluding carboxylic acids is 1. The molecule has 0 saturated heterocycles. The molecule has 23 heavy (non-hydrogen) atoms. The normalized spacial score (nSPS) is 18.6. The summed E-state index contributed by atoms with van der Waals surface area (Å²) in [6.07, 6.45) is 0.817. The maximum Gasteiger partial charge on any atom is 0.232 e. The van der Waals surface area contributed by atoms with Gasteiger partial charge in [0.15, 0.2) is 9.74 Å². The molecular formula is C15H15N3O3S2. The van der Waals surface area contributed by atoms with Gasteiger partial charge in [0.1, 0.15) is 5.75 Å². The van der Waals surface area contributed by atoms with Gasteiger partial charge in [0.25, 0.3) is 0 Å². The number of nitrogens with zero attached hydrogens (tertiary/aromatic N) is 1. The molecule has 0 amide bonds. The molecule has 3 rings (SSSR count). The number of benzene rings is 1. The largest absolute Gasteiger partial charge is 0.460 e. The van der Waals surface area contributed by atoms with Gasteiger partial charge in [-0.15, -0.1) is 5.10 Å². The number of anilines is 1. The number of rotatable bonds is 4. The second-order valence-electron chi connectivity index (χ2n) is 4.90. The molecule has 1 aliphatic rings. The highest BCUT2D eigenvalue weighted by Gasteiger charge is 2.32. The zero-order valence-corrected chi connectivity index (χ0v) is 14.2. The van der Waals surface area contributed by atoms with Gasteiger partial charge in [0, 0.05) is 12.8 Å². The number of ether oxygens (including phenoxy) is 2. The summed E-state index contributed by atoms with van der Waals surface area (Å²) in [5.74, 6) is 0.409. The van der Waals surface area contributed by atoms with Gasteiger partial charge in [0.2, 0.25) is 11.4 Å². The molecule has 0 radical (unpaired) electrons. The summed E-state index contributed by atoms with van der Waals surface area (Å²) >= 11 is 6.26. The Kier molecular flexibility index (Phi) is 4.56. The number of hydrogen-bond acceptors (Lipinski definition) is 7. The monoisotopic (exact) mass is 349 g/mol. The van der Waals surface area contributed by atoms with Gasteiger partial charge in [-0.2, -0.15) is 0 Å². The summed E-state index contributed by atoms with van der Waals surface area (Å²) in [4.78, 5) is 12.8. The van der Waals surface area contributed by atoms with Crippen LogP contribution in [0.2, 0.25) is 0 Å². The molecule has 2 N–H and O–H groups in total. The predicted octanol–water partition coefficient (Wildman–Crippen LogP) is 3.44. The summed E-state index contributed by atoms with van der Waals surface area (Å²) in [5, 5.41) is 10.2. The molecule has 1 unspecified atom stereocenters. The highest BCUT2D eigenvalue weighted by Crippen LogP contribution is 2.32. The lowest BCUT2D eigenvalue weighted by molar-refractivity contribution is -0.0509. The number of ketones is 1. The zero-order valence-electron chi connectivity index (χ0n) is 12.6. The zero-order chi connectivity index (χ0) is 16.4. The fraction of sp³-hybridized carbons (Fsp3) is 0.267. The fourth-order valence-electron chi connectivity index (χ4n) is 2.21. The Balaban J connectivity index is 1.95. The van der Waals surface area contributed by atoms with E-state index in [1.807, 2.05) is 26.0 Å². The van der Waals surface area contributed by atoms with Crippen LogP contribution >= 0.6 is 23.6 Å². The van der Waals surface area contributed by atoms with Crippen molar-refractivity contribution in [3.63, 3.8) is 0 Å². The van der Waals surface area contributed by atoms with Crippen molar-refractivity contribution in [3.05, 3.63) is 45.1 Å². The van der Waals surface area contributed by atoms with Crippen LogP contribution in [0.25, 0.3) is 0 Å². The van der Waals surface area contributed by atoms with E-state index in [0.717, 1.165) is 5.56 Å².